The summed E-state index contributed by atoms with van der Waals surface area (Å²) in [6.07, 6.45) is 0.849. The number of carbonyl (C=O) groups is 2. The molecule has 3 heterocycles. The van der Waals surface area contributed by atoms with Gasteiger partial charge in [-0.3, -0.25) is 14.7 Å². The number of methoxy groups -OCH3 is 2. The summed E-state index contributed by atoms with van der Waals surface area (Å²) in [6.45, 7) is 3.42. The third-order valence-corrected chi connectivity index (χ3v) is 5.46. The lowest BCUT2D eigenvalue weighted by Crippen LogP contribution is -2.50. The number of aromatic nitrogens is 2. The van der Waals surface area contributed by atoms with Gasteiger partial charge in [0.1, 0.15) is 11.5 Å². The van der Waals surface area contributed by atoms with Gasteiger partial charge in [-0.1, -0.05) is 0 Å². The zero-order valence-corrected chi connectivity index (χ0v) is 16.7. The largest absolute Gasteiger partial charge is 0.497 e. The zero-order valence-electron chi connectivity index (χ0n) is 16.7. The van der Waals surface area contributed by atoms with Crippen molar-refractivity contribution in [1.29, 1.82) is 0 Å². The number of nitrogens with one attached hydrogen (secondary N) is 2. The molecule has 0 aliphatic carbocycles. The number of H-pyrrole nitrogens is 1. The normalized spacial score (nSPS) is 16.3. The van der Waals surface area contributed by atoms with Crippen molar-refractivity contribution in [2.24, 2.45) is 0 Å². The van der Waals surface area contributed by atoms with Crippen LogP contribution in [0.3, 0.4) is 0 Å². The smallest absolute Gasteiger partial charge is 0.274 e. The molecule has 0 radical (unpaired) electrons. The second-order valence-electron chi connectivity index (χ2n) is 7.14. The summed E-state index contributed by atoms with van der Waals surface area (Å²) in [7, 11) is 3.10. The van der Waals surface area contributed by atoms with Crippen LogP contribution in [-0.2, 0) is 13.0 Å². The average Bonchev–Trinajstić information content (AvgIpc) is 3.22. The number of nitrogens with zero attached hydrogens (tertiary/aromatic N) is 3. The van der Waals surface area contributed by atoms with Crippen LogP contribution in [0.4, 0.5) is 0 Å². The lowest BCUT2D eigenvalue weighted by molar-refractivity contribution is 0.0531. The summed E-state index contributed by atoms with van der Waals surface area (Å²) < 4.78 is 10.5. The number of fused-ring (bicyclic) bond motifs is 1. The SMILES string of the molecule is COc1cc(OC)cc(C(=O)N2CCN(C(=O)c3n[nH]c4c3CNCC4)CC2)c1. The Kier molecular flexibility index (Phi) is 5.39. The van der Waals surface area contributed by atoms with Gasteiger partial charge in [-0.05, 0) is 12.1 Å². The molecule has 1 saturated heterocycles. The molecule has 0 bridgehead atoms. The molecule has 4 rings (SSSR count). The van der Waals surface area contributed by atoms with E-state index in [0.29, 0.717) is 55.5 Å². The van der Waals surface area contributed by atoms with Gasteiger partial charge < -0.3 is 24.6 Å². The van der Waals surface area contributed by atoms with Crippen LogP contribution in [0.25, 0.3) is 0 Å². The van der Waals surface area contributed by atoms with Crippen molar-refractivity contribution in [3.63, 3.8) is 0 Å². The molecule has 0 spiro atoms. The molecule has 1 aromatic carbocycles. The van der Waals surface area contributed by atoms with E-state index in [2.05, 4.69) is 15.5 Å². The predicted octanol–water partition coefficient (Wildman–Crippen LogP) is 0.671. The molecule has 2 amide bonds. The van der Waals surface area contributed by atoms with Crippen LogP contribution in [-0.4, -0.2) is 78.8 Å². The van der Waals surface area contributed by atoms with E-state index in [9.17, 15) is 9.59 Å². The highest BCUT2D eigenvalue weighted by Gasteiger charge is 2.29. The van der Waals surface area contributed by atoms with Crippen molar-refractivity contribution in [3.8, 4) is 11.5 Å². The highest BCUT2D eigenvalue weighted by Crippen LogP contribution is 2.24. The van der Waals surface area contributed by atoms with Gasteiger partial charge in [0, 0.05) is 68.6 Å². The summed E-state index contributed by atoms with van der Waals surface area (Å²) in [4.78, 5) is 29.4. The highest BCUT2D eigenvalue weighted by atomic mass is 16.5. The first kappa shape index (κ1) is 19.3. The number of hydrogen-bond acceptors (Lipinski definition) is 6. The van der Waals surface area contributed by atoms with E-state index in [4.69, 9.17) is 9.47 Å². The molecular weight excluding hydrogens is 374 g/mol. The standard InChI is InChI=1S/C20H25N5O4/c1-28-14-9-13(10-15(11-14)29-2)19(26)24-5-7-25(8-6-24)20(27)18-16-12-21-4-3-17(16)22-23-18/h9-11,21H,3-8,12H2,1-2H3,(H,22,23). The predicted molar refractivity (Wildman–Crippen MR) is 105 cm³/mol. The molecule has 2 aromatic rings. The molecule has 2 aliphatic heterocycles. The first-order valence-corrected chi connectivity index (χ1v) is 9.69. The van der Waals surface area contributed by atoms with Crippen molar-refractivity contribution in [1.82, 2.24) is 25.3 Å². The molecule has 0 unspecified atom stereocenters. The Balaban J connectivity index is 1.42. The van der Waals surface area contributed by atoms with E-state index in [-0.39, 0.29) is 11.8 Å². The minimum Gasteiger partial charge on any atom is -0.497 e. The van der Waals surface area contributed by atoms with Gasteiger partial charge in [0.15, 0.2) is 5.69 Å². The van der Waals surface area contributed by atoms with Gasteiger partial charge in [0.05, 0.1) is 14.2 Å². The van der Waals surface area contributed by atoms with E-state index in [1.165, 1.54) is 0 Å². The van der Waals surface area contributed by atoms with Gasteiger partial charge in [0.25, 0.3) is 11.8 Å². The number of benzene rings is 1. The molecule has 2 N–H and O–H groups in total. The Morgan fingerprint density at radius 2 is 1.59 bits per heavy atom. The van der Waals surface area contributed by atoms with Gasteiger partial charge >= 0.3 is 0 Å². The molecule has 29 heavy (non-hydrogen) atoms. The second-order valence-corrected chi connectivity index (χ2v) is 7.14. The fraction of sp³-hybridized carbons (Fsp3) is 0.450. The maximum absolute atomic E-state index is 12.9. The maximum Gasteiger partial charge on any atom is 0.274 e. The van der Waals surface area contributed by atoms with Gasteiger partial charge in [0.2, 0.25) is 0 Å². The molecule has 2 aliphatic rings. The Bertz CT molecular complexity index is 895. The Labute approximate surface area is 169 Å². The fourth-order valence-electron chi connectivity index (χ4n) is 3.78. The van der Waals surface area contributed by atoms with E-state index in [1.54, 1.807) is 42.2 Å². The molecular formula is C20H25N5O4. The lowest BCUT2D eigenvalue weighted by Gasteiger charge is -2.34. The van der Waals surface area contributed by atoms with Crippen LogP contribution in [0.1, 0.15) is 32.1 Å². The van der Waals surface area contributed by atoms with Crippen molar-refractivity contribution >= 4 is 11.8 Å². The quantitative estimate of drug-likeness (QED) is 0.784. The molecule has 1 aromatic heterocycles. The third-order valence-electron chi connectivity index (χ3n) is 5.46. The summed E-state index contributed by atoms with van der Waals surface area (Å²) in [5, 5.41) is 10.5. The number of piperazine rings is 1. The fourth-order valence-corrected chi connectivity index (χ4v) is 3.78. The lowest BCUT2D eigenvalue weighted by atomic mass is 10.1. The van der Waals surface area contributed by atoms with Crippen LogP contribution < -0.4 is 14.8 Å². The number of aromatic amines is 1. The minimum atomic E-state index is -0.101. The number of amides is 2. The summed E-state index contributed by atoms with van der Waals surface area (Å²) >= 11 is 0. The molecule has 1 fully saturated rings. The molecule has 9 heteroatoms. The van der Waals surface area contributed by atoms with Crippen LogP contribution in [0.15, 0.2) is 18.2 Å². The van der Waals surface area contributed by atoms with Crippen LogP contribution in [0, 0.1) is 0 Å². The molecule has 154 valence electrons. The Morgan fingerprint density at radius 3 is 2.21 bits per heavy atom. The van der Waals surface area contributed by atoms with Crippen molar-refractivity contribution in [2.75, 3.05) is 46.9 Å². The first-order valence-electron chi connectivity index (χ1n) is 9.69. The Morgan fingerprint density at radius 1 is 0.966 bits per heavy atom. The van der Waals surface area contributed by atoms with Gasteiger partial charge in [-0.15, -0.1) is 0 Å². The van der Waals surface area contributed by atoms with Crippen molar-refractivity contribution in [2.45, 2.75) is 13.0 Å². The van der Waals surface area contributed by atoms with E-state index < -0.39 is 0 Å². The van der Waals surface area contributed by atoms with E-state index in [0.717, 1.165) is 24.2 Å². The maximum atomic E-state index is 12.9. The van der Waals surface area contributed by atoms with E-state index >= 15 is 0 Å². The topological polar surface area (TPSA) is 99.8 Å². The van der Waals surface area contributed by atoms with Crippen molar-refractivity contribution in [3.05, 3.63) is 40.7 Å². The van der Waals surface area contributed by atoms with Gasteiger partial charge in [-0.25, -0.2) is 0 Å². The first-order chi connectivity index (χ1) is 14.1. The molecule has 9 nitrogen and oxygen atoms in total. The summed E-state index contributed by atoms with van der Waals surface area (Å²) in [5.41, 5.74) is 2.99. The minimum absolute atomic E-state index is 0.0821. The molecule has 0 atom stereocenters. The van der Waals surface area contributed by atoms with Gasteiger partial charge in [-0.2, -0.15) is 5.10 Å². The highest BCUT2D eigenvalue weighted by molar-refractivity contribution is 5.96. The van der Waals surface area contributed by atoms with E-state index in [1.807, 2.05) is 0 Å². The zero-order chi connectivity index (χ0) is 20.4. The number of hydrogen-bond donors (Lipinski definition) is 2. The number of carbonyl (C=O) groups excluding carboxylic acids is 2. The van der Waals surface area contributed by atoms with Crippen LogP contribution in [0.2, 0.25) is 0 Å². The Hall–Kier alpha value is -3.07. The summed E-state index contributed by atoms with van der Waals surface area (Å²) in [6, 6.07) is 5.13. The molecule has 0 saturated carbocycles. The third kappa shape index (κ3) is 3.77. The van der Waals surface area contributed by atoms with Crippen LogP contribution >= 0.6 is 0 Å². The second kappa shape index (κ2) is 8.12. The summed E-state index contributed by atoms with van der Waals surface area (Å²) in [5.74, 6) is 0.953. The van der Waals surface area contributed by atoms with Crippen LogP contribution in [0.5, 0.6) is 11.5 Å². The van der Waals surface area contributed by atoms with Crippen molar-refractivity contribution < 1.29 is 19.1 Å². The number of ether oxygens (including phenoxy) is 2. The number of rotatable bonds is 4. The monoisotopic (exact) mass is 399 g/mol. The average molecular weight is 399 g/mol.